The highest BCUT2D eigenvalue weighted by Gasteiger charge is 2.34. The van der Waals surface area contributed by atoms with Crippen molar-refractivity contribution in [3.05, 3.63) is 10.7 Å². The van der Waals surface area contributed by atoms with Gasteiger partial charge in [-0.05, 0) is 0 Å². The summed E-state index contributed by atoms with van der Waals surface area (Å²) >= 11 is 6.53. The molecule has 1 fully saturated rings. The van der Waals surface area contributed by atoms with E-state index in [9.17, 15) is 8.42 Å². The van der Waals surface area contributed by atoms with Crippen LogP contribution in [0.4, 0.5) is 0 Å². The van der Waals surface area contributed by atoms with Gasteiger partial charge in [-0.2, -0.15) is 4.31 Å². The number of nitrogens with zero attached hydrogens (tertiary/aromatic N) is 2. The van der Waals surface area contributed by atoms with E-state index < -0.39 is 16.1 Å². The quantitative estimate of drug-likeness (QED) is 0.861. The number of aliphatic hydroxyl groups excluding tert-OH is 1. The summed E-state index contributed by atoms with van der Waals surface area (Å²) in [4.78, 5) is 3.71. The molecular formula is C8H11ClN2O4S2. The van der Waals surface area contributed by atoms with Gasteiger partial charge in [-0.1, -0.05) is 22.9 Å². The van der Waals surface area contributed by atoms with Crippen molar-refractivity contribution < 1.29 is 18.3 Å². The van der Waals surface area contributed by atoms with Gasteiger partial charge in [0.1, 0.15) is 0 Å². The van der Waals surface area contributed by atoms with Crippen LogP contribution in [0.25, 0.3) is 0 Å². The third-order valence-electron chi connectivity index (χ3n) is 2.40. The van der Waals surface area contributed by atoms with Gasteiger partial charge in [0, 0.05) is 6.54 Å². The summed E-state index contributed by atoms with van der Waals surface area (Å²) < 4.78 is 31.1. The highest BCUT2D eigenvalue weighted by Crippen LogP contribution is 2.27. The number of aliphatic hydroxyl groups is 1. The second-order valence-electron chi connectivity index (χ2n) is 3.46. The number of halogens is 1. The van der Waals surface area contributed by atoms with Crippen LogP contribution in [0, 0.1) is 0 Å². The Morgan fingerprint density at radius 1 is 1.71 bits per heavy atom. The van der Waals surface area contributed by atoms with Crippen molar-refractivity contribution in [3.8, 4) is 0 Å². The second-order valence-corrected chi connectivity index (χ2v) is 7.19. The molecule has 1 aromatic rings. The minimum absolute atomic E-state index is 0.0860. The van der Waals surface area contributed by atoms with Crippen LogP contribution in [0.1, 0.15) is 0 Å². The fraction of sp³-hybridized carbons (Fsp3) is 0.625. The second kappa shape index (κ2) is 5.17. The zero-order valence-corrected chi connectivity index (χ0v) is 11.1. The summed E-state index contributed by atoms with van der Waals surface area (Å²) in [5, 5.41) is 9.15. The van der Waals surface area contributed by atoms with Crippen LogP contribution in [0.2, 0.25) is 4.47 Å². The van der Waals surface area contributed by atoms with Gasteiger partial charge < -0.3 is 9.84 Å². The predicted molar refractivity (Wildman–Crippen MR) is 62.7 cm³/mol. The van der Waals surface area contributed by atoms with Gasteiger partial charge in [0.25, 0.3) is 10.0 Å². The van der Waals surface area contributed by atoms with Gasteiger partial charge in [0.2, 0.25) is 0 Å². The third kappa shape index (κ3) is 2.61. The molecule has 9 heteroatoms. The Morgan fingerprint density at radius 2 is 2.47 bits per heavy atom. The molecule has 0 saturated carbocycles. The topological polar surface area (TPSA) is 79.7 Å². The molecule has 2 rings (SSSR count). The zero-order chi connectivity index (χ0) is 12.5. The van der Waals surface area contributed by atoms with Gasteiger partial charge >= 0.3 is 0 Å². The normalized spacial score (nSPS) is 22.8. The summed E-state index contributed by atoms with van der Waals surface area (Å²) in [7, 11) is -3.64. The predicted octanol–water partition coefficient (Wildman–Crippen LogP) is 0.178. The molecule has 1 unspecified atom stereocenters. The minimum Gasteiger partial charge on any atom is -0.395 e. The van der Waals surface area contributed by atoms with Gasteiger partial charge in [0.05, 0.1) is 32.1 Å². The van der Waals surface area contributed by atoms with Crippen LogP contribution < -0.4 is 0 Å². The fourth-order valence-electron chi connectivity index (χ4n) is 1.57. The molecule has 17 heavy (non-hydrogen) atoms. The largest absolute Gasteiger partial charge is 0.395 e. The highest BCUT2D eigenvalue weighted by molar-refractivity contribution is 7.91. The minimum atomic E-state index is -3.64. The number of sulfonamides is 1. The molecule has 1 saturated heterocycles. The van der Waals surface area contributed by atoms with Crippen molar-refractivity contribution in [3.63, 3.8) is 0 Å². The summed E-state index contributed by atoms with van der Waals surface area (Å²) in [6.07, 6.45) is 1.23. The molecule has 0 aliphatic carbocycles. The van der Waals surface area contributed by atoms with Crippen LogP contribution in [0.15, 0.2) is 10.4 Å². The lowest BCUT2D eigenvalue weighted by Gasteiger charge is -2.32. The van der Waals surface area contributed by atoms with E-state index in [0.29, 0.717) is 6.61 Å². The Balaban J connectivity index is 2.30. The van der Waals surface area contributed by atoms with E-state index in [1.807, 2.05) is 0 Å². The standard InChI is InChI=1S/C8H11ClN2O4S2/c9-8-10-3-7(16-8)17(13,14)11-1-2-15-5-6(11)4-12/h3,6,12H,1-2,4-5H2. The Morgan fingerprint density at radius 3 is 3.06 bits per heavy atom. The van der Waals surface area contributed by atoms with Gasteiger partial charge in [0.15, 0.2) is 8.68 Å². The maximum absolute atomic E-state index is 12.2. The number of thiazole rings is 1. The number of morpholine rings is 1. The SMILES string of the molecule is O=S(=O)(c1cnc(Cl)s1)N1CCOCC1CO. The fourth-order valence-corrected chi connectivity index (χ4v) is 4.58. The first-order valence-corrected chi connectivity index (χ1v) is 7.51. The van der Waals surface area contributed by atoms with Crippen molar-refractivity contribution in [1.82, 2.24) is 9.29 Å². The molecule has 0 aromatic carbocycles. The van der Waals surface area contributed by atoms with Crippen molar-refractivity contribution in [1.29, 1.82) is 0 Å². The first-order valence-electron chi connectivity index (χ1n) is 4.87. The average molecular weight is 299 g/mol. The Hall–Kier alpha value is -0.250. The molecule has 6 nitrogen and oxygen atoms in total. The maximum atomic E-state index is 12.2. The average Bonchev–Trinajstić information content (AvgIpc) is 2.76. The van der Waals surface area contributed by atoms with Crippen LogP contribution >= 0.6 is 22.9 Å². The molecule has 1 aliphatic heterocycles. The molecule has 0 bridgehead atoms. The maximum Gasteiger partial charge on any atom is 0.254 e. The van der Waals surface area contributed by atoms with Crippen molar-refractivity contribution in [2.45, 2.75) is 10.3 Å². The number of ether oxygens (including phenoxy) is 1. The molecule has 96 valence electrons. The van der Waals surface area contributed by atoms with Crippen molar-refractivity contribution in [2.24, 2.45) is 0 Å². The molecule has 0 amide bonds. The number of hydrogen-bond acceptors (Lipinski definition) is 6. The molecule has 0 spiro atoms. The highest BCUT2D eigenvalue weighted by atomic mass is 35.5. The Bertz CT molecular complexity index is 489. The Labute approximate surface area is 108 Å². The molecule has 1 aliphatic rings. The van der Waals surface area contributed by atoms with Crippen LogP contribution in [0.3, 0.4) is 0 Å². The van der Waals surface area contributed by atoms with E-state index in [0.717, 1.165) is 11.3 Å². The Kier molecular flexibility index (Phi) is 4.01. The zero-order valence-electron chi connectivity index (χ0n) is 8.74. The molecule has 0 radical (unpaired) electrons. The molecule has 1 atom stereocenters. The third-order valence-corrected chi connectivity index (χ3v) is 5.91. The van der Waals surface area contributed by atoms with Crippen LogP contribution in [-0.4, -0.2) is 55.2 Å². The number of aromatic nitrogens is 1. The van der Waals surface area contributed by atoms with E-state index in [1.54, 1.807) is 0 Å². The van der Waals surface area contributed by atoms with Crippen molar-refractivity contribution >= 4 is 33.0 Å². The van der Waals surface area contributed by atoms with Gasteiger partial charge in [-0.3, -0.25) is 0 Å². The summed E-state index contributed by atoms with van der Waals surface area (Å²) in [5.74, 6) is 0. The van der Waals surface area contributed by atoms with E-state index in [-0.39, 0.29) is 28.4 Å². The smallest absolute Gasteiger partial charge is 0.254 e. The summed E-state index contributed by atoms with van der Waals surface area (Å²) in [6, 6.07) is -0.547. The summed E-state index contributed by atoms with van der Waals surface area (Å²) in [6.45, 7) is 0.472. The number of rotatable bonds is 3. The lowest BCUT2D eigenvalue weighted by Crippen LogP contribution is -2.50. The monoisotopic (exact) mass is 298 g/mol. The van der Waals surface area contributed by atoms with E-state index in [4.69, 9.17) is 21.4 Å². The van der Waals surface area contributed by atoms with Gasteiger partial charge in [-0.15, -0.1) is 0 Å². The van der Waals surface area contributed by atoms with E-state index in [2.05, 4.69) is 4.98 Å². The first kappa shape index (κ1) is 13.2. The molecule has 2 heterocycles. The number of hydrogen-bond donors (Lipinski definition) is 1. The summed E-state index contributed by atoms with van der Waals surface area (Å²) in [5.41, 5.74) is 0. The van der Waals surface area contributed by atoms with Crippen LogP contribution in [0.5, 0.6) is 0 Å². The lowest BCUT2D eigenvalue weighted by molar-refractivity contribution is 0.0110. The lowest BCUT2D eigenvalue weighted by atomic mass is 10.3. The molecule has 1 aromatic heterocycles. The van der Waals surface area contributed by atoms with Crippen molar-refractivity contribution in [2.75, 3.05) is 26.4 Å². The molecule has 1 N–H and O–H groups in total. The molecular weight excluding hydrogens is 288 g/mol. The first-order chi connectivity index (χ1) is 8.05. The van der Waals surface area contributed by atoms with Crippen LogP contribution in [-0.2, 0) is 14.8 Å². The van der Waals surface area contributed by atoms with E-state index >= 15 is 0 Å². The van der Waals surface area contributed by atoms with E-state index in [1.165, 1.54) is 10.5 Å². The van der Waals surface area contributed by atoms with Gasteiger partial charge in [-0.25, -0.2) is 13.4 Å².